The Bertz CT molecular complexity index is 611. The highest BCUT2D eigenvalue weighted by Crippen LogP contribution is 2.18. The van der Waals surface area contributed by atoms with Crippen LogP contribution in [0.3, 0.4) is 0 Å². The summed E-state index contributed by atoms with van der Waals surface area (Å²) in [4.78, 5) is 10.1. The molecule has 1 aromatic heterocycles. The minimum absolute atomic E-state index is 0.00589. The van der Waals surface area contributed by atoms with Gasteiger partial charge in [0.1, 0.15) is 12.2 Å². The molecule has 0 bridgehead atoms. The summed E-state index contributed by atoms with van der Waals surface area (Å²) in [6.45, 7) is 2.23. The van der Waals surface area contributed by atoms with Crippen molar-refractivity contribution in [2.45, 2.75) is 19.1 Å². The Hall–Kier alpha value is -2.32. The molecule has 0 radical (unpaired) electrons. The molecular weight excluding hydrogens is 274 g/mol. The van der Waals surface area contributed by atoms with Gasteiger partial charge in [-0.25, -0.2) is 0 Å². The van der Waals surface area contributed by atoms with Crippen molar-refractivity contribution in [2.75, 3.05) is 6.54 Å². The van der Waals surface area contributed by atoms with Crippen LogP contribution in [0.2, 0.25) is 0 Å². The molecule has 0 amide bonds. The lowest BCUT2D eigenvalue weighted by molar-refractivity contribution is -0.384. The number of aryl methyl sites for hydroxylation is 1. The zero-order valence-corrected chi connectivity index (χ0v) is 11.8. The van der Waals surface area contributed by atoms with Crippen LogP contribution in [-0.2, 0) is 7.05 Å². The van der Waals surface area contributed by atoms with Crippen LogP contribution in [0.25, 0.3) is 0 Å². The summed E-state index contributed by atoms with van der Waals surface area (Å²) < 4.78 is 1.80. The highest BCUT2D eigenvalue weighted by Gasteiger charge is 2.14. The maximum absolute atomic E-state index is 10.6. The highest BCUT2D eigenvalue weighted by molar-refractivity contribution is 5.33. The predicted octanol–water partition coefficient (Wildman–Crippen LogP) is 1.11. The van der Waals surface area contributed by atoms with E-state index in [0.29, 0.717) is 12.1 Å². The highest BCUT2D eigenvalue weighted by atomic mass is 16.6. The van der Waals surface area contributed by atoms with Gasteiger partial charge in [-0.1, -0.05) is 0 Å². The molecule has 0 spiro atoms. The summed E-state index contributed by atoms with van der Waals surface area (Å²) in [5.74, 6) is 0.769. The molecule has 0 aliphatic rings. The van der Waals surface area contributed by atoms with Crippen molar-refractivity contribution in [3.05, 3.63) is 52.1 Å². The molecule has 2 rings (SSSR count). The Labute approximate surface area is 121 Å². The van der Waals surface area contributed by atoms with E-state index in [1.54, 1.807) is 23.0 Å². The molecule has 0 saturated carbocycles. The molecule has 0 aliphatic heterocycles. The third-order valence-corrected chi connectivity index (χ3v) is 3.24. The van der Waals surface area contributed by atoms with Crippen molar-refractivity contribution in [1.82, 2.24) is 20.1 Å². The summed E-state index contributed by atoms with van der Waals surface area (Å²) in [7, 11) is 1.85. The molecule has 0 saturated heterocycles. The normalized spacial score (nSPS) is 13.9. The van der Waals surface area contributed by atoms with Crippen molar-refractivity contribution >= 4 is 5.69 Å². The molecule has 8 nitrogen and oxygen atoms in total. The van der Waals surface area contributed by atoms with Gasteiger partial charge in [0.15, 0.2) is 0 Å². The van der Waals surface area contributed by atoms with E-state index in [1.165, 1.54) is 12.1 Å². The second-order valence-electron chi connectivity index (χ2n) is 4.79. The van der Waals surface area contributed by atoms with Crippen LogP contribution in [0, 0.1) is 10.1 Å². The number of nitrogens with zero attached hydrogens (tertiary/aromatic N) is 4. The monoisotopic (exact) mass is 291 g/mol. The van der Waals surface area contributed by atoms with Crippen LogP contribution in [0.5, 0.6) is 0 Å². The van der Waals surface area contributed by atoms with Crippen molar-refractivity contribution in [3.63, 3.8) is 0 Å². The number of hydrogen-bond donors (Lipinski definition) is 2. The molecule has 21 heavy (non-hydrogen) atoms. The number of aliphatic hydroxyl groups excluding tert-OH is 1. The first-order valence-corrected chi connectivity index (χ1v) is 6.48. The number of hydrogen-bond acceptors (Lipinski definition) is 6. The fourth-order valence-electron chi connectivity index (χ4n) is 2.00. The van der Waals surface area contributed by atoms with Gasteiger partial charge in [-0.15, -0.1) is 10.2 Å². The second-order valence-corrected chi connectivity index (χ2v) is 4.79. The lowest BCUT2D eigenvalue weighted by Gasteiger charge is -2.16. The Balaban J connectivity index is 1.94. The average molecular weight is 291 g/mol. The van der Waals surface area contributed by atoms with E-state index < -0.39 is 11.0 Å². The number of nitrogens with one attached hydrogen (secondary N) is 1. The van der Waals surface area contributed by atoms with Gasteiger partial charge in [-0.05, 0) is 24.6 Å². The van der Waals surface area contributed by atoms with Gasteiger partial charge >= 0.3 is 0 Å². The number of nitro benzene ring substituents is 1. The van der Waals surface area contributed by atoms with Gasteiger partial charge in [-0.2, -0.15) is 0 Å². The molecule has 2 atom stereocenters. The average Bonchev–Trinajstić information content (AvgIpc) is 2.90. The first-order valence-electron chi connectivity index (χ1n) is 6.48. The fraction of sp³-hybridized carbons (Fsp3) is 0.385. The number of rotatable bonds is 6. The minimum Gasteiger partial charge on any atom is -0.387 e. The zero-order chi connectivity index (χ0) is 15.4. The third kappa shape index (κ3) is 3.61. The van der Waals surface area contributed by atoms with Crippen molar-refractivity contribution in [1.29, 1.82) is 0 Å². The van der Waals surface area contributed by atoms with Crippen LogP contribution in [0.1, 0.15) is 30.5 Å². The third-order valence-electron chi connectivity index (χ3n) is 3.24. The lowest BCUT2D eigenvalue weighted by Crippen LogP contribution is -2.26. The quantitative estimate of drug-likeness (QED) is 0.610. The fourth-order valence-corrected chi connectivity index (χ4v) is 2.00. The number of non-ortho nitro benzene ring substituents is 1. The molecule has 0 fully saturated rings. The van der Waals surface area contributed by atoms with Gasteiger partial charge in [-0.3, -0.25) is 10.1 Å². The standard InChI is InChI=1S/C13H17N5O3/c1-9(13-16-15-8-17(13)2)14-7-12(19)10-3-5-11(6-4-10)18(20)21/h3-6,8-9,12,14,19H,7H2,1-2H3. The largest absolute Gasteiger partial charge is 0.387 e. The Morgan fingerprint density at radius 3 is 2.62 bits per heavy atom. The topological polar surface area (TPSA) is 106 Å². The van der Waals surface area contributed by atoms with Gasteiger partial charge in [0.25, 0.3) is 5.69 Å². The number of nitro groups is 1. The predicted molar refractivity (Wildman–Crippen MR) is 75.5 cm³/mol. The van der Waals surface area contributed by atoms with Crippen LogP contribution in [0.4, 0.5) is 5.69 Å². The minimum atomic E-state index is -0.749. The summed E-state index contributed by atoms with van der Waals surface area (Å²) in [5, 5.41) is 31.6. The molecule has 1 aromatic carbocycles. The first-order chi connectivity index (χ1) is 9.99. The Morgan fingerprint density at radius 2 is 2.10 bits per heavy atom. The first kappa shape index (κ1) is 15.1. The van der Waals surface area contributed by atoms with Gasteiger partial charge in [0, 0.05) is 25.7 Å². The summed E-state index contributed by atoms with van der Waals surface area (Å²) in [5.41, 5.74) is 0.629. The maximum atomic E-state index is 10.6. The van der Waals surface area contributed by atoms with Gasteiger partial charge in [0.05, 0.1) is 17.1 Å². The summed E-state index contributed by atoms with van der Waals surface area (Å²) in [6.07, 6.45) is 0.863. The van der Waals surface area contributed by atoms with Crippen molar-refractivity contribution in [3.8, 4) is 0 Å². The zero-order valence-electron chi connectivity index (χ0n) is 11.8. The molecule has 112 valence electrons. The molecule has 2 aromatic rings. The number of aromatic nitrogens is 3. The second kappa shape index (κ2) is 6.42. The van der Waals surface area contributed by atoms with Crippen molar-refractivity contribution in [2.24, 2.45) is 7.05 Å². The van der Waals surface area contributed by atoms with Gasteiger partial charge in [0.2, 0.25) is 0 Å². The van der Waals surface area contributed by atoms with E-state index in [2.05, 4.69) is 15.5 Å². The molecule has 0 aliphatic carbocycles. The molecule has 2 N–H and O–H groups in total. The number of benzene rings is 1. The smallest absolute Gasteiger partial charge is 0.269 e. The van der Waals surface area contributed by atoms with E-state index in [1.807, 2.05) is 14.0 Å². The van der Waals surface area contributed by atoms with E-state index >= 15 is 0 Å². The van der Waals surface area contributed by atoms with Gasteiger partial charge < -0.3 is 15.0 Å². The lowest BCUT2D eigenvalue weighted by atomic mass is 10.1. The Morgan fingerprint density at radius 1 is 1.43 bits per heavy atom. The maximum Gasteiger partial charge on any atom is 0.269 e. The summed E-state index contributed by atoms with van der Waals surface area (Å²) >= 11 is 0. The SMILES string of the molecule is CC(NCC(O)c1ccc([N+](=O)[O-])cc1)c1nncn1C. The van der Waals surface area contributed by atoms with E-state index in [4.69, 9.17) is 0 Å². The van der Waals surface area contributed by atoms with Crippen molar-refractivity contribution < 1.29 is 10.0 Å². The summed E-state index contributed by atoms with van der Waals surface area (Å²) in [6, 6.07) is 5.80. The molecule has 8 heteroatoms. The van der Waals surface area contributed by atoms with Crippen LogP contribution < -0.4 is 5.32 Å². The molecule has 1 heterocycles. The molecule has 2 unspecified atom stereocenters. The Kier molecular flexibility index (Phi) is 4.61. The van der Waals surface area contributed by atoms with E-state index in [-0.39, 0.29) is 11.7 Å². The van der Waals surface area contributed by atoms with E-state index in [9.17, 15) is 15.2 Å². The van der Waals surface area contributed by atoms with E-state index in [0.717, 1.165) is 5.82 Å². The van der Waals surface area contributed by atoms with Crippen LogP contribution in [-0.4, -0.2) is 31.3 Å². The number of aliphatic hydroxyl groups is 1. The van der Waals surface area contributed by atoms with Crippen LogP contribution in [0.15, 0.2) is 30.6 Å². The molecular formula is C13H17N5O3. The van der Waals surface area contributed by atoms with Crippen LogP contribution >= 0.6 is 0 Å².